The number of esters is 1. The highest BCUT2D eigenvalue weighted by Crippen LogP contribution is 2.13. The van der Waals surface area contributed by atoms with Crippen molar-refractivity contribution < 1.29 is 24.2 Å². The van der Waals surface area contributed by atoms with Crippen LogP contribution in [0.1, 0.15) is 123 Å². The van der Waals surface area contributed by atoms with E-state index in [4.69, 9.17) is 10.5 Å². The van der Waals surface area contributed by atoms with E-state index in [9.17, 15) is 19.5 Å². The molecule has 0 aromatic rings. The molecule has 0 rings (SSSR count). The van der Waals surface area contributed by atoms with E-state index in [2.05, 4.69) is 79.9 Å². The van der Waals surface area contributed by atoms with Crippen molar-refractivity contribution in [2.24, 2.45) is 5.73 Å². The molecule has 0 fully saturated rings. The van der Waals surface area contributed by atoms with Crippen LogP contribution in [0.2, 0.25) is 0 Å². The minimum Gasteiger partial charge on any atom is -0.480 e. The van der Waals surface area contributed by atoms with Crippen molar-refractivity contribution >= 4 is 17.8 Å². The molecule has 4 N–H and O–H groups in total. The van der Waals surface area contributed by atoms with Gasteiger partial charge in [0.15, 0.2) is 0 Å². The smallest absolute Gasteiger partial charge is 0.326 e. The number of rotatable bonds is 29. The van der Waals surface area contributed by atoms with E-state index in [0.717, 1.165) is 77.0 Å². The number of carbonyl (C=O) groups is 3. The van der Waals surface area contributed by atoms with Crippen molar-refractivity contribution in [3.8, 4) is 0 Å². The molecule has 0 aliphatic rings. The lowest BCUT2D eigenvalue weighted by atomic mass is 10.1. The Morgan fingerprint density at radius 2 is 1.26 bits per heavy atom. The van der Waals surface area contributed by atoms with Crippen LogP contribution >= 0.6 is 0 Å². The number of allylic oxidation sites excluding steroid dienone is 12. The first-order valence-corrected chi connectivity index (χ1v) is 17.4. The van der Waals surface area contributed by atoms with Crippen molar-refractivity contribution in [2.75, 3.05) is 6.54 Å². The fraction of sp³-hybridized carbons (Fsp3) is 0.564. The second-order valence-electron chi connectivity index (χ2n) is 11.2. The first-order valence-electron chi connectivity index (χ1n) is 17.4. The van der Waals surface area contributed by atoms with Crippen LogP contribution in [0.15, 0.2) is 85.1 Å². The highest BCUT2D eigenvalue weighted by molar-refractivity contribution is 5.83. The Morgan fingerprint density at radius 3 is 1.85 bits per heavy atom. The Bertz CT molecular complexity index is 990. The number of nitrogens with two attached hydrogens (primary N) is 1. The van der Waals surface area contributed by atoms with E-state index >= 15 is 0 Å². The molecule has 258 valence electrons. The number of amides is 1. The van der Waals surface area contributed by atoms with Crippen molar-refractivity contribution in [1.29, 1.82) is 0 Å². The Balaban J connectivity index is 4.47. The van der Waals surface area contributed by atoms with Crippen LogP contribution in [0.4, 0.5) is 0 Å². The monoisotopic (exact) mass is 638 g/mol. The van der Waals surface area contributed by atoms with Gasteiger partial charge in [-0.05, 0) is 89.7 Å². The van der Waals surface area contributed by atoms with E-state index < -0.39 is 12.0 Å². The summed E-state index contributed by atoms with van der Waals surface area (Å²) in [5.74, 6) is -1.51. The highest BCUT2D eigenvalue weighted by Gasteiger charge is 2.18. The molecule has 0 aromatic carbocycles. The Hall–Kier alpha value is -3.45. The molecule has 2 atom stereocenters. The number of aliphatic carboxylic acids is 1. The first kappa shape index (κ1) is 42.6. The van der Waals surface area contributed by atoms with Gasteiger partial charge in [0, 0.05) is 6.42 Å². The van der Waals surface area contributed by atoms with Crippen molar-refractivity contribution in [3.63, 3.8) is 0 Å². The van der Waals surface area contributed by atoms with Gasteiger partial charge in [-0.25, -0.2) is 4.79 Å². The van der Waals surface area contributed by atoms with Crippen LogP contribution in [0, 0.1) is 0 Å². The molecule has 0 saturated carbocycles. The van der Waals surface area contributed by atoms with Gasteiger partial charge >= 0.3 is 11.9 Å². The predicted octanol–water partition coefficient (Wildman–Crippen LogP) is 8.99. The molecule has 0 aromatic heterocycles. The largest absolute Gasteiger partial charge is 0.480 e. The normalized spacial score (nSPS) is 13.8. The number of carboxylic acid groups (broad SMARTS) is 1. The molecule has 0 heterocycles. The molecular formula is C39H62N2O5. The average Bonchev–Trinajstić information content (AvgIpc) is 3.04. The molecule has 7 nitrogen and oxygen atoms in total. The van der Waals surface area contributed by atoms with Crippen molar-refractivity contribution in [1.82, 2.24) is 5.32 Å². The molecule has 0 aliphatic heterocycles. The summed E-state index contributed by atoms with van der Waals surface area (Å²) in [6.45, 7) is 4.68. The molecule has 46 heavy (non-hydrogen) atoms. The van der Waals surface area contributed by atoms with Gasteiger partial charge in [0.2, 0.25) is 5.91 Å². The Labute approximate surface area is 279 Å². The Morgan fingerprint density at radius 1 is 0.696 bits per heavy atom. The number of nitrogens with one attached hydrogen (secondary N) is 1. The zero-order chi connectivity index (χ0) is 33.9. The molecule has 0 bridgehead atoms. The minimum atomic E-state index is -1.03. The third-order valence-corrected chi connectivity index (χ3v) is 6.94. The highest BCUT2D eigenvalue weighted by atomic mass is 16.5. The SMILES string of the molecule is CC/C=C\C/C=C\C/C=C\C/C=C\C/C=C\CC(=O)OC(/C=C\C/C=C\CCC)CCCCCCC(=O)NC(CCCN)C(=O)O. The summed E-state index contributed by atoms with van der Waals surface area (Å²) < 4.78 is 5.77. The average molecular weight is 639 g/mol. The van der Waals surface area contributed by atoms with E-state index in [0.29, 0.717) is 32.2 Å². The third kappa shape index (κ3) is 29.3. The van der Waals surface area contributed by atoms with Crippen LogP contribution < -0.4 is 11.1 Å². The summed E-state index contributed by atoms with van der Waals surface area (Å²) in [5.41, 5.74) is 5.45. The summed E-state index contributed by atoms with van der Waals surface area (Å²) in [7, 11) is 0. The van der Waals surface area contributed by atoms with Crippen LogP contribution in [0.25, 0.3) is 0 Å². The van der Waals surface area contributed by atoms with Crippen LogP contribution in [0.3, 0.4) is 0 Å². The molecule has 2 unspecified atom stereocenters. The lowest BCUT2D eigenvalue weighted by Gasteiger charge is -2.15. The topological polar surface area (TPSA) is 119 Å². The minimum absolute atomic E-state index is 0.239. The van der Waals surface area contributed by atoms with Crippen LogP contribution in [-0.2, 0) is 19.1 Å². The lowest BCUT2D eigenvalue weighted by Crippen LogP contribution is -2.40. The molecule has 0 spiro atoms. The van der Waals surface area contributed by atoms with Crippen LogP contribution in [0.5, 0.6) is 0 Å². The maximum Gasteiger partial charge on any atom is 0.326 e. The fourth-order valence-electron chi connectivity index (χ4n) is 4.36. The van der Waals surface area contributed by atoms with E-state index in [1.165, 1.54) is 0 Å². The van der Waals surface area contributed by atoms with E-state index in [1.807, 2.05) is 24.3 Å². The van der Waals surface area contributed by atoms with E-state index in [1.54, 1.807) is 0 Å². The fourth-order valence-corrected chi connectivity index (χ4v) is 4.36. The second kappa shape index (κ2) is 32.9. The molecule has 1 amide bonds. The Kier molecular flexibility index (Phi) is 30.5. The number of hydrogen-bond acceptors (Lipinski definition) is 5. The lowest BCUT2D eigenvalue weighted by molar-refractivity contribution is -0.146. The quantitative estimate of drug-likeness (QED) is 0.0427. The number of carbonyl (C=O) groups excluding carboxylic acids is 2. The zero-order valence-electron chi connectivity index (χ0n) is 28.6. The number of carboxylic acids is 1. The summed E-state index contributed by atoms with van der Waals surface area (Å²) in [5, 5.41) is 11.8. The van der Waals surface area contributed by atoms with Crippen LogP contribution in [-0.4, -0.2) is 41.6 Å². The standard InChI is InChI=1S/C39H62N2O5/c1-3-5-7-9-11-12-13-14-15-16-17-18-19-21-27-33-38(43)46-35(29-24-20-10-8-6-4-2)30-25-22-23-26-32-37(42)41-36(39(44)45)31-28-34-40/h5,7-8,10-12,14-15,17-18,21,24,27,29,35-36H,3-4,6,9,13,16,19-20,22-23,25-26,28,30-34,40H2,1-2H3,(H,41,42)(H,44,45)/b7-5-,10-8-,12-11-,15-14-,18-17-,27-21-,29-24-. The molecule has 7 heteroatoms. The summed E-state index contributed by atoms with van der Waals surface area (Å²) >= 11 is 0. The van der Waals surface area contributed by atoms with Crippen molar-refractivity contribution in [3.05, 3.63) is 85.1 Å². The van der Waals surface area contributed by atoms with Gasteiger partial charge in [0.25, 0.3) is 0 Å². The maximum absolute atomic E-state index is 12.5. The van der Waals surface area contributed by atoms with Crippen molar-refractivity contribution in [2.45, 2.75) is 135 Å². The maximum atomic E-state index is 12.5. The summed E-state index contributed by atoms with van der Waals surface area (Å²) in [6.07, 6.45) is 42.3. The first-order chi connectivity index (χ1) is 22.4. The van der Waals surface area contributed by atoms with Gasteiger partial charge in [-0.3, -0.25) is 9.59 Å². The van der Waals surface area contributed by atoms with Gasteiger partial charge in [0.1, 0.15) is 12.1 Å². The van der Waals surface area contributed by atoms with Gasteiger partial charge in [-0.2, -0.15) is 0 Å². The van der Waals surface area contributed by atoms with Gasteiger partial charge in [0.05, 0.1) is 6.42 Å². The molecule has 0 saturated heterocycles. The third-order valence-electron chi connectivity index (χ3n) is 6.94. The second-order valence-corrected chi connectivity index (χ2v) is 11.2. The predicted molar refractivity (Wildman–Crippen MR) is 192 cm³/mol. The van der Waals surface area contributed by atoms with E-state index in [-0.39, 0.29) is 24.4 Å². The van der Waals surface area contributed by atoms with Gasteiger partial charge in [-0.1, -0.05) is 112 Å². The number of hydrogen-bond donors (Lipinski definition) is 3. The molecular weight excluding hydrogens is 576 g/mol. The number of ether oxygens (including phenoxy) is 1. The van der Waals surface area contributed by atoms with Gasteiger partial charge in [-0.15, -0.1) is 0 Å². The van der Waals surface area contributed by atoms with Gasteiger partial charge < -0.3 is 20.9 Å². The number of unbranched alkanes of at least 4 members (excludes halogenated alkanes) is 4. The molecule has 0 radical (unpaired) electrons. The molecule has 0 aliphatic carbocycles. The zero-order valence-corrected chi connectivity index (χ0v) is 28.6. The summed E-state index contributed by atoms with van der Waals surface area (Å²) in [4.78, 5) is 36.0. The summed E-state index contributed by atoms with van der Waals surface area (Å²) in [6, 6.07) is -0.885.